The Kier molecular flexibility index (Phi) is 2.68. The highest BCUT2D eigenvalue weighted by Crippen LogP contribution is 2.25. The van der Waals surface area contributed by atoms with Gasteiger partial charge in [0, 0.05) is 12.1 Å². The monoisotopic (exact) mass is 198 g/mol. The molecule has 0 aliphatic heterocycles. The van der Waals surface area contributed by atoms with Gasteiger partial charge in [-0.2, -0.15) is 0 Å². The first kappa shape index (κ1) is 9.71. The molecule has 1 aromatic heterocycles. The molecular formula is C13H14N2. The van der Waals surface area contributed by atoms with Crippen molar-refractivity contribution in [3.8, 4) is 0 Å². The van der Waals surface area contributed by atoms with E-state index in [-0.39, 0.29) is 5.92 Å². The van der Waals surface area contributed by atoms with E-state index in [9.17, 15) is 0 Å². The van der Waals surface area contributed by atoms with E-state index in [1.54, 1.807) is 6.20 Å². The van der Waals surface area contributed by atoms with Crippen LogP contribution in [-0.4, -0.2) is 4.98 Å². The van der Waals surface area contributed by atoms with Crippen molar-refractivity contribution < 1.29 is 0 Å². The summed E-state index contributed by atoms with van der Waals surface area (Å²) in [5, 5.41) is 0. The van der Waals surface area contributed by atoms with Crippen LogP contribution in [-0.2, 0) is 0 Å². The Hall–Kier alpha value is -1.83. The molecular weight excluding hydrogens is 184 g/mol. The molecule has 1 heterocycles. The summed E-state index contributed by atoms with van der Waals surface area (Å²) in [5.41, 5.74) is 8.84. The van der Waals surface area contributed by atoms with E-state index >= 15 is 0 Å². The van der Waals surface area contributed by atoms with E-state index in [4.69, 9.17) is 5.73 Å². The van der Waals surface area contributed by atoms with E-state index in [1.165, 1.54) is 5.56 Å². The van der Waals surface area contributed by atoms with Crippen LogP contribution in [0.1, 0.15) is 24.1 Å². The molecule has 1 atom stereocenters. The van der Waals surface area contributed by atoms with Gasteiger partial charge in [0.05, 0.1) is 11.4 Å². The molecule has 0 aliphatic rings. The third kappa shape index (κ3) is 1.99. The molecule has 0 bridgehead atoms. The minimum absolute atomic E-state index is 0.243. The number of rotatable bonds is 2. The van der Waals surface area contributed by atoms with E-state index < -0.39 is 0 Å². The van der Waals surface area contributed by atoms with Gasteiger partial charge in [0.1, 0.15) is 0 Å². The Morgan fingerprint density at radius 2 is 1.80 bits per heavy atom. The Morgan fingerprint density at radius 1 is 1.07 bits per heavy atom. The van der Waals surface area contributed by atoms with E-state index in [1.807, 2.05) is 30.3 Å². The lowest BCUT2D eigenvalue weighted by atomic mass is 9.96. The maximum absolute atomic E-state index is 5.90. The Labute approximate surface area is 89.8 Å². The van der Waals surface area contributed by atoms with Crippen molar-refractivity contribution in [2.24, 2.45) is 0 Å². The van der Waals surface area contributed by atoms with Gasteiger partial charge in [-0.05, 0) is 17.7 Å². The summed E-state index contributed by atoms with van der Waals surface area (Å²) < 4.78 is 0. The zero-order valence-electron chi connectivity index (χ0n) is 8.72. The van der Waals surface area contributed by atoms with Crippen LogP contribution in [0.25, 0.3) is 0 Å². The molecule has 2 aromatic rings. The van der Waals surface area contributed by atoms with E-state index in [2.05, 4.69) is 24.0 Å². The number of nitrogens with two attached hydrogens (primary N) is 1. The average Bonchev–Trinajstić information content (AvgIpc) is 2.30. The number of hydrogen-bond donors (Lipinski definition) is 1. The van der Waals surface area contributed by atoms with Crippen molar-refractivity contribution >= 4 is 5.69 Å². The maximum atomic E-state index is 5.90. The quantitative estimate of drug-likeness (QED) is 0.805. The van der Waals surface area contributed by atoms with E-state index in [0.717, 1.165) is 11.4 Å². The molecule has 2 N–H and O–H groups in total. The molecule has 1 aromatic carbocycles. The minimum Gasteiger partial charge on any atom is -0.397 e. The summed E-state index contributed by atoms with van der Waals surface area (Å²) in [7, 11) is 0. The third-order valence-corrected chi connectivity index (χ3v) is 2.58. The van der Waals surface area contributed by atoms with Crippen LogP contribution in [0, 0.1) is 0 Å². The molecule has 0 amide bonds. The first-order valence-electron chi connectivity index (χ1n) is 5.04. The van der Waals surface area contributed by atoms with Gasteiger partial charge in [-0.3, -0.25) is 4.98 Å². The van der Waals surface area contributed by atoms with Gasteiger partial charge in [-0.15, -0.1) is 0 Å². The summed E-state index contributed by atoms with van der Waals surface area (Å²) in [6, 6.07) is 14.0. The van der Waals surface area contributed by atoms with Crippen LogP contribution in [0.15, 0.2) is 48.7 Å². The van der Waals surface area contributed by atoms with Gasteiger partial charge >= 0.3 is 0 Å². The zero-order chi connectivity index (χ0) is 10.7. The van der Waals surface area contributed by atoms with Crippen molar-refractivity contribution in [1.82, 2.24) is 4.98 Å². The van der Waals surface area contributed by atoms with Crippen LogP contribution in [0.3, 0.4) is 0 Å². The predicted octanol–water partition coefficient (Wildman–Crippen LogP) is 2.82. The lowest BCUT2D eigenvalue weighted by molar-refractivity contribution is 0.876. The van der Waals surface area contributed by atoms with Crippen LogP contribution in [0.5, 0.6) is 0 Å². The molecule has 76 valence electrons. The Balaban J connectivity index is 2.37. The largest absolute Gasteiger partial charge is 0.397 e. The fourth-order valence-corrected chi connectivity index (χ4v) is 1.69. The normalized spacial score (nSPS) is 12.3. The van der Waals surface area contributed by atoms with Crippen molar-refractivity contribution in [2.45, 2.75) is 12.8 Å². The first-order valence-corrected chi connectivity index (χ1v) is 5.04. The molecule has 15 heavy (non-hydrogen) atoms. The van der Waals surface area contributed by atoms with Crippen LogP contribution in [0.4, 0.5) is 5.69 Å². The smallest absolute Gasteiger partial charge is 0.0704 e. The second kappa shape index (κ2) is 4.13. The number of benzene rings is 1. The predicted molar refractivity (Wildman–Crippen MR) is 62.6 cm³/mol. The molecule has 0 spiro atoms. The van der Waals surface area contributed by atoms with Gasteiger partial charge in [0.15, 0.2) is 0 Å². The second-order valence-corrected chi connectivity index (χ2v) is 3.61. The summed E-state index contributed by atoms with van der Waals surface area (Å²) in [4.78, 5) is 4.33. The SMILES string of the molecule is CC(c1ccccc1)c1ncccc1N. The minimum atomic E-state index is 0.243. The zero-order valence-corrected chi connectivity index (χ0v) is 8.72. The molecule has 0 fully saturated rings. The van der Waals surface area contributed by atoms with Gasteiger partial charge in [-0.25, -0.2) is 0 Å². The summed E-state index contributed by atoms with van der Waals surface area (Å²) in [6.45, 7) is 2.12. The molecule has 0 saturated carbocycles. The van der Waals surface area contributed by atoms with E-state index in [0.29, 0.717) is 0 Å². The summed E-state index contributed by atoms with van der Waals surface area (Å²) in [6.07, 6.45) is 1.78. The second-order valence-electron chi connectivity index (χ2n) is 3.61. The van der Waals surface area contributed by atoms with Gasteiger partial charge in [0.25, 0.3) is 0 Å². The molecule has 0 aliphatic carbocycles. The van der Waals surface area contributed by atoms with Crippen molar-refractivity contribution in [1.29, 1.82) is 0 Å². The number of nitrogens with zero attached hydrogens (tertiary/aromatic N) is 1. The Morgan fingerprint density at radius 3 is 2.47 bits per heavy atom. The highest BCUT2D eigenvalue weighted by Gasteiger charge is 2.11. The molecule has 2 rings (SSSR count). The standard InChI is InChI=1S/C13H14N2/c1-10(11-6-3-2-4-7-11)13-12(14)8-5-9-15-13/h2-10H,14H2,1H3. The highest BCUT2D eigenvalue weighted by molar-refractivity contribution is 5.46. The topological polar surface area (TPSA) is 38.9 Å². The van der Waals surface area contributed by atoms with Crippen LogP contribution in [0.2, 0.25) is 0 Å². The van der Waals surface area contributed by atoms with Gasteiger partial charge < -0.3 is 5.73 Å². The number of nitrogen functional groups attached to an aromatic ring is 1. The first-order chi connectivity index (χ1) is 7.29. The van der Waals surface area contributed by atoms with Crippen molar-refractivity contribution in [2.75, 3.05) is 5.73 Å². The molecule has 0 saturated heterocycles. The molecule has 2 heteroatoms. The molecule has 1 unspecified atom stereocenters. The summed E-state index contributed by atoms with van der Waals surface area (Å²) >= 11 is 0. The lowest BCUT2D eigenvalue weighted by Crippen LogP contribution is -2.03. The maximum Gasteiger partial charge on any atom is 0.0704 e. The van der Waals surface area contributed by atoms with Crippen LogP contribution < -0.4 is 5.73 Å². The van der Waals surface area contributed by atoms with Gasteiger partial charge in [0.2, 0.25) is 0 Å². The van der Waals surface area contributed by atoms with Crippen molar-refractivity contribution in [3.05, 3.63) is 59.9 Å². The number of aromatic nitrogens is 1. The van der Waals surface area contributed by atoms with Gasteiger partial charge in [-0.1, -0.05) is 37.3 Å². The average molecular weight is 198 g/mol. The number of hydrogen-bond acceptors (Lipinski definition) is 2. The Bertz CT molecular complexity index is 437. The van der Waals surface area contributed by atoms with Crippen molar-refractivity contribution in [3.63, 3.8) is 0 Å². The molecule has 2 nitrogen and oxygen atoms in total. The number of pyridine rings is 1. The van der Waals surface area contributed by atoms with Crippen LogP contribution >= 0.6 is 0 Å². The fourth-order valence-electron chi connectivity index (χ4n) is 1.69. The highest BCUT2D eigenvalue weighted by atomic mass is 14.7. The fraction of sp³-hybridized carbons (Fsp3) is 0.154. The number of anilines is 1. The molecule has 0 radical (unpaired) electrons. The third-order valence-electron chi connectivity index (χ3n) is 2.58. The summed E-state index contributed by atoms with van der Waals surface area (Å²) in [5.74, 6) is 0.243. The lowest BCUT2D eigenvalue weighted by Gasteiger charge is -2.12.